The molecule has 4 N–H and O–H groups in total. The molecule has 68 valence electrons. The number of nitrogens with two attached hydrogens (primary N) is 2. The summed E-state index contributed by atoms with van der Waals surface area (Å²) in [7, 11) is 0. The van der Waals surface area contributed by atoms with Gasteiger partial charge >= 0.3 is 0 Å². The van der Waals surface area contributed by atoms with E-state index in [0.717, 1.165) is 25.7 Å². The van der Waals surface area contributed by atoms with Crippen molar-refractivity contribution in [2.24, 2.45) is 11.5 Å². The minimum Gasteiger partial charge on any atom is -0.402 e. The number of carbonyl (C=O) groups excluding carboxylic acids is 1. The molecule has 0 spiro atoms. The van der Waals surface area contributed by atoms with Crippen molar-refractivity contribution in [1.82, 2.24) is 0 Å². The minimum absolute atomic E-state index is 0.339. The molecule has 0 fully saturated rings. The van der Waals surface area contributed by atoms with E-state index in [1.807, 2.05) is 0 Å². The lowest BCUT2D eigenvalue weighted by Gasteiger charge is -2.12. The van der Waals surface area contributed by atoms with Crippen LogP contribution in [0.3, 0.4) is 0 Å². The lowest BCUT2D eigenvalue weighted by Crippen LogP contribution is -2.19. The van der Waals surface area contributed by atoms with Gasteiger partial charge in [0.05, 0.1) is 0 Å². The Morgan fingerprint density at radius 2 is 1.67 bits per heavy atom. The Bertz CT molecular complexity index is 209. The third-order valence-corrected chi connectivity index (χ3v) is 2.31. The summed E-state index contributed by atoms with van der Waals surface area (Å²) in [4.78, 5) is 10.9. The van der Waals surface area contributed by atoms with Crippen LogP contribution in [0.1, 0.15) is 38.5 Å². The third-order valence-electron chi connectivity index (χ3n) is 2.31. The van der Waals surface area contributed by atoms with Gasteiger partial charge in [0.15, 0.2) is 0 Å². The summed E-state index contributed by atoms with van der Waals surface area (Å²) < 4.78 is 0. The third kappa shape index (κ3) is 2.26. The van der Waals surface area contributed by atoms with E-state index in [4.69, 9.17) is 11.5 Å². The summed E-state index contributed by atoms with van der Waals surface area (Å²) in [5.74, 6) is -0.339. The number of allylic oxidation sites excluding steroid dienone is 1. The highest BCUT2D eigenvalue weighted by Gasteiger charge is 2.11. The van der Waals surface area contributed by atoms with Gasteiger partial charge in [0.1, 0.15) is 0 Å². The Morgan fingerprint density at radius 1 is 1.08 bits per heavy atom. The van der Waals surface area contributed by atoms with E-state index in [1.165, 1.54) is 12.8 Å². The second-order valence-electron chi connectivity index (χ2n) is 3.28. The largest absolute Gasteiger partial charge is 0.402 e. The molecule has 1 rings (SSSR count). The van der Waals surface area contributed by atoms with E-state index < -0.39 is 0 Å². The summed E-state index contributed by atoms with van der Waals surface area (Å²) in [6, 6.07) is 0. The van der Waals surface area contributed by atoms with Crippen LogP contribution in [0.5, 0.6) is 0 Å². The van der Waals surface area contributed by atoms with E-state index in [-0.39, 0.29) is 5.91 Å². The quantitative estimate of drug-likeness (QED) is 0.614. The van der Waals surface area contributed by atoms with Crippen LogP contribution in [0.4, 0.5) is 0 Å². The molecule has 3 nitrogen and oxygen atoms in total. The zero-order valence-corrected chi connectivity index (χ0v) is 7.31. The highest BCUT2D eigenvalue weighted by Crippen LogP contribution is 2.19. The van der Waals surface area contributed by atoms with Crippen LogP contribution in [0, 0.1) is 0 Å². The Balaban J connectivity index is 2.73. The fourth-order valence-corrected chi connectivity index (χ4v) is 1.56. The molecule has 0 radical (unpaired) electrons. The van der Waals surface area contributed by atoms with Crippen LogP contribution in [0.2, 0.25) is 0 Å². The van der Waals surface area contributed by atoms with Gasteiger partial charge in [0, 0.05) is 11.3 Å². The number of hydrogen-bond donors (Lipinski definition) is 2. The lowest BCUT2D eigenvalue weighted by molar-refractivity contribution is -0.114. The number of primary amides is 1. The van der Waals surface area contributed by atoms with Gasteiger partial charge in [-0.25, -0.2) is 0 Å². The molecule has 1 aliphatic rings. The molecular weight excluding hydrogens is 152 g/mol. The maximum atomic E-state index is 10.9. The second-order valence-corrected chi connectivity index (χ2v) is 3.28. The number of rotatable bonds is 1. The Morgan fingerprint density at radius 3 is 2.25 bits per heavy atom. The molecule has 1 amide bonds. The maximum Gasteiger partial charge on any atom is 0.246 e. The molecule has 0 bridgehead atoms. The summed E-state index contributed by atoms with van der Waals surface area (Å²) in [5.41, 5.74) is 12.3. The maximum absolute atomic E-state index is 10.9. The van der Waals surface area contributed by atoms with Crippen LogP contribution in [0.15, 0.2) is 11.3 Å². The summed E-state index contributed by atoms with van der Waals surface area (Å²) in [6.07, 6.45) is 6.12. The first kappa shape index (κ1) is 9.10. The van der Waals surface area contributed by atoms with E-state index in [9.17, 15) is 4.79 Å². The Hall–Kier alpha value is -0.990. The van der Waals surface area contributed by atoms with E-state index >= 15 is 0 Å². The van der Waals surface area contributed by atoms with Crippen LogP contribution in [0.25, 0.3) is 0 Å². The molecule has 0 aromatic heterocycles. The van der Waals surface area contributed by atoms with E-state index in [2.05, 4.69) is 0 Å². The molecule has 0 saturated carbocycles. The monoisotopic (exact) mass is 168 g/mol. The van der Waals surface area contributed by atoms with Crippen LogP contribution >= 0.6 is 0 Å². The Labute approximate surface area is 72.8 Å². The van der Waals surface area contributed by atoms with Gasteiger partial charge in [-0.1, -0.05) is 12.8 Å². The molecule has 0 aromatic rings. The van der Waals surface area contributed by atoms with Gasteiger partial charge < -0.3 is 11.5 Å². The second kappa shape index (κ2) is 4.14. The normalized spacial score (nSPS) is 26.0. The van der Waals surface area contributed by atoms with Crippen LogP contribution in [-0.4, -0.2) is 5.91 Å². The van der Waals surface area contributed by atoms with Crippen molar-refractivity contribution < 1.29 is 4.79 Å². The standard InChI is InChI=1S/C9H16N2O/c10-8-6-4-2-1-3-5-7(8)9(11)12/h1-6,10H2,(H2,11,12)/b8-7-. The fourth-order valence-electron chi connectivity index (χ4n) is 1.56. The van der Waals surface area contributed by atoms with Gasteiger partial charge in [-0.05, 0) is 25.7 Å². The zero-order valence-electron chi connectivity index (χ0n) is 7.31. The highest BCUT2D eigenvalue weighted by atomic mass is 16.1. The Kier molecular flexibility index (Phi) is 3.14. The minimum atomic E-state index is -0.339. The van der Waals surface area contributed by atoms with Gasteiger partial charge in [-0.2, -0.15) is 0 Å². The molecule has 0 unspecified atom stereocenters. The van der Waals surface area contributed by atoms with Gasteiger partial charge in [-0.3, -0.25) is 4.79 Å². The molecule has 0 atom stereocenters. The van der Waals surface area contributed by atoms with Crippen molar-refractivity contribution in [3.05, 3.63) is 11.3 Å². The SMILES string of the molecule is NC(=O)/C1=C(\N)CCCCCC1. The van der Waals surface area contributed by atoms with Crippen molar-refractivity contribution in [2.45, 2.75) is 38.5 Å². The highest BCUT2D eigenvalue weighted by molar-refractivity contribution is 5.92. The van der Waals surface area contributed by atoms with Crippen molar-refractivity contribution in [1.29, 1.82) is 0 Å². The van der Waals surface area contributed by atoms with Crippen molar-refractivity contribution in [3.8, 4) is 0 Å². The van der Waals surface area contributed by atoms with Gasteiger partial charge in [0.2, 0.25) is 5.91 Å². The predicted molar refractivity (Wildman–Crippen MR) is 48.1 cm³/mol. The first-order valence-corrected chi connectivity index (χ1v) is 4.49. The van der Waals surface area contributed by atoms with Crippen molar-refractivity contribution in [3.63, 3.8) is 0 Å². The predicted octanol–water partition coefficient (Wildman–Crippen LogP) is 1.04. The molecule has 12 heavy (non-hydrogen) atoms. The fraction of sp³-hybridized carbons (Fsp3) is 0.667. The summed E-state index contributed by atoms with van der Waals surface area (Å²) in [5, 5.41) is 0. The molecule has 3 heteroatoms. The van der Waals surface area contributed by atoms with Gasteiger partial charge in [0.25, 0.3) is 0 Å². The molecule has 0 saturated heterocycles. The average molecular weight is 168 g/mol. The summed E-state index contributed by atoms with van der Waals surface area (Å²) >= 11 is 0. The van der Waals surface area contributed by atoms with Crippen LogP contribution < -0.4 is 11.5 Å². The van der Waals surface area contributed by atoms with E-state index in [0.29, 0.717) is 11.3 Å². The van der Waals surface area contributed by atoms with Crippen molar-refractivity contribution >= 4 is 5.91 Å². The molecular formula is C9H16N2O. The molecule has 1 aliphatic carbocycles. The zero-order chi connectivity index (χ0) is 8.97. The molecule has 0 aliphatic heterocycles. The lowest BCUT2D eigenvalue weighted by atomic mass is 9.97. The topological polar surface area (TPSA) is 69.1 Å². The number of amides is 1. The average Bonchev–Trinajstić information content (AvgIpc) is 1.96. The smallest absolute Gasteiger partial charge is 0.246 e. The first-order chi connectivity index (χ1) is 5.72. The van der Waals surface area contributed by atoms with Crippen molar-refractivity contribution in [2.75, 3.05) is 0 Å². The summed E-state index contributed by atoms with van der Waals surface area (Å²) in [6.45, 7) is 0. The number of hydrogen-bond acceptors (Lipinski definition) is 2. The van der Waals surface area contributed by atoms with Gasteiger partial charge in [-0.15, -0.1) is 0 Å². The number of carbonyl (C=O) groups is 1. The molecule has 0 aromatic carbocycles. The molecule has 0 heterocycles. The van der Waals surface area contributed by atoms with E-state index in [1.54, 1.807) is 0 Å². The van der Waals surface area contributed by atoms with Crippen LogP contribution in [-0.2, 0) is 4.79 Å². The first-order valence-electron chi connectivity index (χ1n) is 4.49.